The average molecular weight is 308 g/mol. The first-order valence-electron chi connectivity index (χ1n) is 6.83. The lowest BCUT2D eigenvalue weighted by Gasteiger charge is -2.24. The van der Waals surface area contributed by atoms with Gasteiger partial charge in [0.25, 0.3) is 0 Å². The van der Waals surface area contributed by atoms with Crippen molar-refractivity contribution in [3.8, 4) is 0 Å². The van der Waals surface area contributed by atoms with Gasteiger partial charge in [0.05, 0.1) is 11.8 Å². The fourth-order valence-electron chi connectivity index (χ4n) is 2.09. The highest BCUT2D eigenvalue weighted by atomic mass is 35.5. The lowest BCUT2D eigenvalue weighted by molar-refractivity contribution is 0.194. The SMILES string of the molecule is O=NN(CCSCCCCl)C(=O)NC1CCCCC1. The molecule has 0 aromatic carbocycles. The third kappa shape index (κ3) is 7.01. The van der Waals surface area contributed by atoms with Gasteiger partial charge in [-0.1, -0.05) is 19.3 Å². The van der Waals surface area contributed by atoms with Crippen molar-refractivity contribution in [1.29, 1.82) is 0 Å². The topological polar surface area (TPSA) is 61.8 Å². The van der Waals surface area contributed by atoms with Crippen molar-refractivity contribution in [3.05, 3.63) is 4.91 Å². The zero-order valence-electron chi connectivity index (χ0n) is 11.1. The maximum atomic E-state index is 11.9. The molecule has 0 spiro atoms. The first-order chi connectivity index (χ1) is 9.27. The van der Waals surface area contributed by atoms with Crippen LogP contribution in [0.15, 0.2) is 5.29 Å². The van der Waals surface area contributed by atoms with E-state index in [1.54, 1.807) is 11.8 Å². The van der Waals surface area contributed by atoms with Gasteiger partial charge in [-0.3, -0.25) is 0 Å². The van der Waals surface area contributed by atoms with Crippen LogP contribution in [0.4, 0.5) is 4.79 Å². The predicted molar refractivity (Wildman–Crippen MR) is 80.6 cm³/mol. The van der Waals surface area contributed by atoms with Gasteiger partial charge in [-0.15, -0.1) is 16.5 Å². The molecule has 5 nitrogen and oxygen atoms in total. The molecule has 0 aromatic rings. The fourth-order valence-corrected chi connectivity index (χ4v) is 3.23. The van der Waals surface area contributed by atoms with Crippen LogP contribution in [0.5, 0.6) is 0 Å². The minimum Gasteiger partial charge on any atom is -0.334 e. The number of rotatable bonds is 8. The highest BCUT2D eigenvalue weighted by molar-refractivity contribution is 7.99. The summed E-state index contributed by atoms with van der Waals surface area (Å²) in [4.78, 5) is 22.5. The van der Waals surface area contributed by atoms with E-state index >= 15 is 0 Å². The Kier molecular flexibility index (Phi) is 8.99. The van der Waals surface area contributed by atoms with Gasteiger partial charge >= 0.3 is 6.03 Å². The van der Waals surface area contributed by atoms with Crippen molar-refractivity contribution >= 4 is 29.4 Å². The summed E-state index contributed by atoms with van der Waals surface area (Å²) in [7, 11) is 0. The normalized spacial score (nSPS) is 16.1. The monoisotopic (exact) mass is 307 g/mol. The molecule has 0 radical (unpaired) electrons. The van der Waals surface area contributed by atoms with Gasteiger partial charge in [0.1, 0.15) is 0 Å². The molecule has 0 atom stereocenters. The maximum absolute atomic E-state index is 11.9. The van der Waals surface area contributed by atoms with Gasteiger partial charge in [-0.05, 0) is 25.0 Å². The van der Waals surface area contributed by atoms with Gasteiger partial charge < -0.3 is 5.32 Å². The first kappa shape index (κ1) is 16.6. The van der Waals surface area contributed by atoms with Crippen molar-refractivity contribution < 1.29 is 4.79 Å². The third-order valence-corrected chi connectivity index (χ3v) is 4.45. The number of nitroso groups, excluding NO2 is 1. The summed E-state index contributed by atoms with van der Waals surface area (Å²) in [5.41, 5.74) is 0. The number of nitrogens with zero attached hydrogens (tertiary/aromatic N) is 2. The molecular formula is C12H22ClN3O2S. The summed E-state index contributed by atoms with van der Waals surface area (Å²) in [6, 6.07) is -0.158. The van der Waals surface area contributed by atoms with Crippen LogP contribution in [-0.4, -0.2) is 41.0 Å². The van der Waals surface area contributed by atoms with Crippen LogP contribution in [0, 0.1) is 4.91 Å². The maximum Gasteiger partial charge on any atom is 0.340 e. The molecule has 0 saturated heterocycles. The summed E-state index contributed by atoms with van der Waals surface area (Å²) < 4.78 is 0. The number of hydrogen-bond donors (Lipinski definition) is 1. The van der Waals surface area contributed by atoms with E-state index in [1.807, 2.05) is 0 Å². The molecule has 2 amide bonds. The number of hydrogen-bond acceptors (Lipinski definition) is 4. The van der Waals surface area contributed by atoms with E-state index in [9.17, 15) is 9.70 Å². The Balaban J connectivity index is 2.20. The van der Waals surface area contributed by atoms with Crippen LogP contribution >= 0.6 is 23.4 Å². The molecule has 0 bridgehead atoms. The molecule has 0 unspecified atom stereocenters. The Labute approximate surface area is 123 Å². The average Bonchev–Trinajstić information content (AvgIpc) is 2.44. The lowest BCUT2D eigenvalue weighted by Crippen LogP contribution is -2.43. The number of amides is 2. The quantitative estimate of drug-likeness (QED) is 0.324. The molecule has 1 aliphatic rings. The molecule has 19 heavy (non-hydrogen) atoms. The van der Waals surface area contributed by atoms with Crippen molar-refractivity contribution in [3.63, 3.8) is 0 Å². The number of alkyl halides is 1. The second-order valence-corrected chi connectivity index (χ2v) is 6.25. The van der Waals surface area contributed by atoms with Crippen molar-refractivity contribution in [2.45, 2.75) is 44.6 Å². The first-order valence-corrected chi connectivity index (χ1v) is 8.52. The number of halogens is 1. The summed E-state index contributed by atoms with van der Waals surface area (Å²) >= 11 is 7.25. The Bertz CT molecular complexity index is 276. The minimum absolute atomic E-state index is 0.203. The molecule has 0 aromatic heterocycles. The van der Waals surface area contributed by atoms with Crippen molar-refractivity contribution in [2.75, 3.05) is 23.9 Å². The van der Waals surface area contributed by atoms with E-state index in [4.69, 9.17) is 11.6 Å². The zero-order chi connectivity index (χ0) is 13.9. The van der Waals surface area contributed by atoms with Crippen molar-refractivity contribution in [2.24, 2.45) is 5.29 Å². The molecule has 110 valence electrons. The summed E-state index contributed by atoms with van der Waals surface area (Å²) in [5, 5.41) is 6.68. The second-order valence-electron chi connectivity index (χ2n) is 4.64. The predicted octanol–water partition coefficient (Wildman–Crippen LogP) is 3.37. The Morgan fingerprint density at radius 1 is 1.32 bits per heavy atom. The van der Waals surface area contributed by atoms with Crippen LogP contribution in [0.25, 0.3) is 0 Å². The number of nitrogens with one attached hydrogen (secondary N) is 1. The Hall–Kier alpha value is -0.490. The Morgan fingerprint density at radius 3 is 2.68 bits per heavy atom. The molecule has 1 fully saturated rings. The van der Waals surface area contributed by atoms with Gasteiger partial charge in [-0.25, -0.2) is 4.79 Å². The van der Waals surface area contributed by atoms with Crippen LogP contribution in [0.2, 0.25) is 0 Å². The molecule has 0 heterocycles. The molecule has 7 heteroatoms. The van der Waals surface area contributed by atoms with Gasteiger partial charge in [0.2, 0.25) is 0 Å². The lowest BCUT2D eigenvalue weighted by atomic mass is 9.96. The summed E-state index contributed by atoms with van der Waals surface area (Å²) in [5.74, 6) is 2.30. The van der Waals surface area contributed by atoms with Gasteiger partial charge in [-0.2, -0.15) is 16.8 Å². The fraction of sp³-hybridized carbons (Fsp3) is 0.917. The number of carbonyl (C=O) groups excluding carboxylic acids is 1. The molecule has 1 saturated carbocycles. The van der Waals surface area contributed by atoms with Crippen LogP contribution in [0.1, 0.15) is 38.5 Å². The van der Waals surface area contributed by atoms with E-state index in [1.165, 1.54) is 6.42 Å². The van der Waals surface area contributed by atoms with Crippen LogP contribution in [0.3, 0.4) is 0 Å². The minimum atomic E-state index is -0.361. The number of thioether (sulfide) groups is 1. The van der Waals surface area contributed by atoms with E-state index in [-0.39, 0.29) is 12.1 Å². The largest absolute Gasteiger partial charge is 0.340 e. The molecule has 1 aliphatic carbocycles. The van der Waals surface area contributed by atoms with E-state index < -0.39 is 0 Å². The highest BCUT2D eigenvalue weighted by Gasteiger charge is 2.20. The third-order valence-electron chi connectivity index (χ3n) is 3.14. The molecule has 0 aliphatic heterocycles. The van der Waals surface area contributed by atoms with E-state index in [0.717, 1.165) is 42.9 Å². The zero-order valence-corrected chi connectivity index (χ0v) is 12.7. The molecule has 1 N–H and O–H groups in total. The smallest absolute Gasteiger partial charge is 0.334 e. The van der Waals surface area contributed by atoms with Crippen molar-refractivity contribution in [1.82, 2.24) is 10.3 Å². The standard InChI is InChI=1S/C12H22ClN3O2S/c13-7-4-9-19-10-8-16(15-18)12(17)14-11-5-2-1-3-6-11/h11H,1-10H2,(H,14,17). The number of urea groups is 1. The number of carbonyl (C=O) groups is 1. The molecular weight excluding hydrogens is 286 g/mol. The Morgan fingerprint density at radius 2 is 2.05 bits per heavy atom. The molecule has 1 rings (SSSR count). The van der Waals surface area contributed by atoms with Gasteiger partial charge in [0.15, 0.2) is 0 Å². The van der Waals surface area contributed by atoms with Gasteiger partial charge in [0, 0.05) is 17.7 Å². The summed E-state index contributed by atoms with van der Waals surface area (Å²) in [6.07, 6.45) is 6.47. The van der Waals surface area contributed by atoms with E-state index in [0.29, 0.717) is 18.2 Å². The van der Waals surface area contributed by atoms with Crippen LogP contribution in [-0.2, 0) is 0 Å². The second kappa shape index (κ2) is 10.3. The van der Waals surface area contributed by atoms with E-state index in [2.05, 4.69) is 10.6 Å². The summed E-state index contributed by atoms with van der Waals surface area (Å²) in [6.45, 7) is 0.356. The highest BCUT2D eigenvalue weighted by Crippen LogP contribution is 2.17. The van der Waals surface area contributed by atoms with Crippen LogP contribution < -0.4 is 5.32 Å².